The van der Waals surface area contributed by atoms with E-state index in [1.54, 1.807) is 17.2 Å². The van der Waals surface area contributed by atoms with Gasteiger partial charge in [-0.25, -0.2) is 0 Å². The first kappa shape index (κ1) is 11.1. The standard InChI is InChI=1S/C12H16N2O2/c1-8(2)11-4-3-9(5-13-11)12(16)14-6-10(15)7-14/h3-5,8,10,15H,6-7H2,1-2H3. The number of nitrogens with zero attached hydrogens (tertiary/aromatic N) is 2. The molecule has 0 spiro atoms. The molecule has 1 fully saturated rings. The van der Waals surface area contributed by atoms with Gasteiger partial charge in [0.1, 0.15) is 0 Å². The van der Waals surface area contributed by atoms with Crippen LogP contribution in [-0.4, -0.2) is 40.1 Å². The zero-order chi connectivity index (χ0) is 11.7. The highest BCUT2D eigenvalue weighted by molar-refractivity contribution is 5.94. The molecule has 86 valence electrons. The molecule has 1 aliphatic heterocycles. The van der Waals surface area contributed by atoms with Crippen molar-refractivity contribution in [3.63, 3.8) is 0 Å². The van der Waals surface area contributed by atoms with Crippen LogP contribution in [0.5, 0.6) is 0 Å². The van der Waals surface area contributed by atoms with Crippen LogP contribution in [0.4, 0.5) is 0 Å². The third-order valence-corrected chi connectivity index (χ3v) is 2.77. The van der Waals surface area contributed by atoms with Gasteiger partial charge in [-0.15, -0.1) is 0 Å². The average molecular weight is 220 g/mol. The van der Waals surface area contributed by atoms with Crippen LogP contribution in [0.1, 0.15) is 35.8 Å². The van der Waals surface area contributed by atoms with E-state index < -0.39 is 0 Å². The Hall–Kier alpha value is -1.42. The van der Waals surface area contributed by atoms with Crippen LogP contribution in [0, 0.1) is 0 Å². The number of carbonyl (C=O) groups excluding carboxylic acids is 1. The molecule has 0 atom stereocenters. The largest absolute Gasteiger partial charge is 0.389 e. The number of aliphatic hydroxyl groups is 1. The van der Waals surface area contributed by atoms with Crippen LogP contribution in [0.25, 0.3) is 0 Å². The van der Waals surface area contributed by atoms with Crippen LogP contribution in [0.3, 0.4) is 0 Å². The highest BCUT2D eigenvalue weighted by Gasteiger charge is 2.29. The molecule has 0 aliphatic carbocycles. The molecular weight excluding hydrogens is 204 g/mol. The summed E-state index contributed by atoms with van der Waals surface area (Å²) in [6, 6.07) is 3.68. The molecular formula is C12H16N2O2. The number of pyridine rings is 1. The highest BCUT2D eigenvalue weighted by Crippen LogP contribution is 2.15. The van der Waals surface area contributed by atoms with E-state index in [1.165, 1.54) is 0 Å². The minimum absolute atomic E-state index is 0.0480. The quantitative estimate of drug-likeness (QED) is 0.809. The molecule has 0 bridgehead atoms. The maximum Gasteiger partial charge on any atom is 0.255 e. The van der Waals surface area contributed by atoms with E-state index in [4.69, 9.17) is 5.11 Å². The number of aromatic nitrogens is 1. The zero-order valence-corrected chi connectivity index (χ0v) is 9.55. The van der Waals surface area contributed by atoms with Gasteiger partial charge in [0.2, 0.25) is 0 Å². The summed E-state index contributed by atoms with van der Waals surface area (Å²) in [5, 5.41) is 9.12. The van der Waals surface area contributed by atoms with Gasteiger partial charge < -0.3 is 10.0 Å². The summed E-state index contributed by atoms with van der Waals surface area (Å²) >= 11 is 0. The Morgan fingerprint density at radius 3 is 2.62 bits per heavy atom. The summed E-state index contributed by atoms with van der Waals surface area (Å²) in [7, 11) is 0. The summed E-state index contributed by atoms with van der Waals surface area (Å²) in [4.78, 5) is 17.7. The molecule has 0 aromatic carbocycles. The monoisotopic (exact) mass is 220 g/mol. The highest BCUT2D eigenvalue weighted by atomic mass is 16.3. The van der Waals surface area contributed by atoms with Crippen LogP contribution in [-0.2, 0) is 0 Å². The van der Waals surface area contributed by atoms with Gasteiger partial charge >= 0.3 is 0 Å². The molecule has 0 unspecified atom stereocenters. The van der Waals surface area contributed by atoms with Crippen LogP contribution in [0.15, 0.2) is 18.3 Å². The predicted molar refractivity (Wildman–Crippen MR) is 60.2 cm³/mol. The minimum Gasteiger partial charge on any atom is -0.389 e. The first-order chi connectivity index (χ1) is 7.58. The van der Waals surface area contributed by atoms with Gasteiger partial charge in [-0.3, -0.25) is 9.78 Å². The zero-order valence-electron chi connectivity index (χ0n) is 9.55. The molecule has 1 aromatic rings. The summed E-state index contributed by atoms with van der Waals surface area (Å²) in [5.41, 5.74) is 1.58. The molecule has 1 amide bonds. The van der Waals surface area contributed by atoms with E-state index in [1.807, 2.05) is 6.07 Å². The van der Waals surface area contributed by atoms with Crippen molar-refractivity contribution in [3.05, 3.63) is 29.6 Å². The summed E-state index contributed by atoms with van der Waals surface area (Å²) in [6.07, 6.45) is 1.26. The number of hydrogen-bond donors (Lipinski definition) is 1. The first-order valence-corrected chi connectivity index (χ1v) is 5.51. The van der Waals surface area contributed by atoms with Gasteiger partial charge in [-0.2, -0.15) is 0 Å². The molecule has 1 saturated heterocycles. The number of aliphatic hydroxyl groups excluding tert-OH is 1. The molecule has 0 saturated carbocycles. The number of carbonyl (C=O) groups is 1. The van der Waals surface area contributed by atoms with Gasteiger partial charge in [0.25, 0.3) is 5.91 Å². The Morgan fingerprint density at radius 1 is 1.50 bits per heavy atom. The lowest BCUT2D eigenvalue weighted by Gasteiger charge is -2.35. The Bertz CT molecular complexity index is 381. The maximum absolute atomic E-state index is 11.8. The molecule has 4 nitrogen and oxygen atoms in total. The van der Waals surface area contributed by atoms with Crippen LogP contribution in [0.2, 0.25) is 0 Å². The van der Waals surface area contributed by atoms with E-state index >= 15 is 0 Å². The van der Waals surface area contributed by atoms with Gasteiger partial charge in [0.15, 0.2) is 0 Å². The molecule has 0 radical (unpaired) electrons. The van der Waals surface area contributed by atoms with E-state index in [0.717, 1.165) is 5.69 Å². The van der Waals surface area contributed by atoms with Crippen molar-refractivity contribution in [2.24, 2.45) is 0 Å². The number of hydrogen-bond acceptors (Lipinski definition) is 3. The fourth-order valence-corrected chi connectivity index (χ4v) is 1.68. The van der Waals surface area contributed by atoms with Crippen molar-refractivity contribution in [2.45, 2.75) is 25.9 Å². The van der Waals surface area contributed by atoms with E-state index in [-0.39, 0.29) is 12.0 Å². The molecule has 1 aliphatic rings. The molecule has 16 heavy (non-hydrogen) atoms. The molecule has 1 N–H and O–H groups in total. The predicted octanol–water partition coefficient (Wildman–Crippen LogP) is 1.02. The second-order valence-electron chi connectivity index (χ2n) is 4.49. The van der Waals surface area contributed by atoms with Crippen molar-refractivity contribution < 1.29 is 9.90 Å². The van der Waals surface area contributed by atoms with Gasteiger partial charge in [-0.1, -0.05) is 13.8 Å². The molecule has 4 heteroatoms. The van der Waals surface area contributed by atoms with Crippen LogP contribution >= 0.6 is 0 Å². The fraction of sp³-hybridized carbons (Fsp3) is 0.500. The average Bonchev–Trinajstić information content (AvgIpc) is 2.24. The Balaban J connectivity index is 2.07. The Morgan fingerprint density at radius 2 is 2.19 bits per heavy atom. The van der Waals surface area contributed by atoms with E-state index in [9.17, 15) is 4.79 Å². The van der Waals surface area contributed by atoms with Crippen molar-refractivity contribution in [1.29, 1.82) is 0 Å². The molecule has 2 heterocycles. The molecule has 2 rings (SSSR count). The Labute approximate surface area is 94.9 Å². The van der Waals surface area contributed by atoms with Crippen LogP contribution < -0.4 is 0 Å². The van der Waals surface area contributed by atoms with Crippen molar-refractivity contribution >= 4 is 5.91 Å². The van der Waals surface area contributed by atoms with Gasteiger partial charge in [-0.05, 0) is 18.1 Å². The lowest BCUT2D eigenvalue weighted by molar-refractivity contribution is 0.00586. The topological polar surface area (TPSA) is 53.4 Å². The van der Waals surface area contributed by atoms with E-state index in [2.05, 4.69) is 18.8 Å². The second kappa shape index (κ2) is 4.22. The van der Waals surface area contributed by atoms with Crippen molar-refractivity contribution in [2.75, 3.05) is 13.1 Å². The SMILES string of the molecule is CC(C)c1ccc(C(=O)N2CC(O)C2)cn1. The lowest BCUT2D eigenvalue weighted by atomic mass is 10.1. The Kier molecular flexibility index (Phi) is 2.92. The third kappa shape index (κ3) is 2.07. The second-order valence-corrected chi connectivity index (χ2v) is 4.49. The van der Waals surface area contributed by atoms with Crippen molar-refractivity contribution in [3.8, 4) is 0 Å². The summed E-state index contributed by atoms with van der Waals surface area (Å²) in [5.74, 6) is 0.322. The smallest absolute Gasteiger partial charge is 0.255 e. The minimum atomic E-state index is -0.355. The number of β-amino-alcohol motifs (C(OH)–C–C–N with tert-alkyl or cyclic N) is 1. The summed E-state index contributed by atoms with van der Waals surface area (Å²) < 4.78 is 0. The first-order valence-electron chi connectivity index (χ1n) is 5.51. The lowest BCUT2D eigenvalue weighted by Crippen LogP contribution is -2.53. The number of amides is 1. The van der Waals surface area contributed by atoms with E-state index in [0.29, 0.717) is 24.6 Å². The maximum atomic E-state index is 11.8. The van der Waals surface area contributed by atoms with Crippen molar-refractivity contribution in [1.82, 2.24) is 9.88 Å². The normalized spacial score (nSPS) is 16.4. The van der Waals surface area contributed by atoms with Gasteiger partial charge in [0.05, 0.1) is 11.7 Å². The fourth-order valence-electron chi connectivity index (χ4n) is 1.68. The third-order valence-electron chi connectivity index (χ3n) is 2.77. The molecule has 1 aromatic heterocycles. The number of rotatable bonds is 2. The van der Waals surface area contributed by atoms with Gasteiger partial charge in [0, 0.05) is 25.0 Å². The summed E-state index contributed by atoms with van der Waals surface area (Å²) in [6.45, 7) is 5.00. The number of likely N-dealkylation sites (tertiary alicyclic amines) is 1.